The molecule has 3 nitrogen and oxygen atoms in total. The van der Waals surface area contributed by atoms with E-state index in [1.54, 1.807) is 28.4 Å². The Bertz CT molecular complexity index is 714. The van der Waals surface area contributed by atoms with E-state index in [-0.39, 0.29) is 23.2 Å². The zero-order valence-electron chi connectivity index (χ0n) is 12.0. The Balaban J connectivity index is 1.57. The SMILES string of the molecule is O=C(C[S@](=O)Cc1cccc(F)c1)N1CCc2sccc2C1. The number of fused-ring (bicyclic) bond motifs is 1. The summed E-state index contributed by atoms with van der Waals surface area (Å²) in [6.07, 6.45) is 0.870. The molecule has 0 saturated heterocycles. The van der Waals surface area contributed by atoms with E-state index in [0.717, 1.165) is 6.42 Å². The molecule has 0 fully saturated rings. The number of thiophene rings is 1. The van der Waals surface area contributed by atoms with Crippen molar-refractivity contribution in [3.8, 4) is 0 Å². The van der Waals surface area contributed by atoms with Crippen molar-refractivity contribution in [1.82, 2.24) is 4.90 Å². The van der Waals surface area contributed by atoms with Crippen LogP contribution in [0.3, 0.4) is 0 Å². The molecule has 0 bridgehead atoms. The van der Waals surface area contributed by atoms with Gasteiger partial charge in [0.2, 0.25) is 5.91 Å². The second-order valence-corrected chi connectivity index (χ2v) is 7.75. The first-order valence-corrected chi connectivity index (χ1v) is 9.41. The minimum Gasteiger partial charge on any atom is -0.337 e. The molecule has 1 aromatic heterocycles. The van der Waals surface area contributed by atoms with E-state index < -0.39 is 10.8 Å². The number of amides is 1. The Kier molecular flexibility index (Phi) is 4.69. The molecule has 0 saturated carbocycles. The fraction of sp³-hybridized carbons (Fsp3) is 0.312. The molecule has 0 spiro atoms. The zero-order valence-corrected chi connectivity index (χ0v) is 13.6. The van der Waals surface area contributed by atoms with Crippen LogP contribution in [0.15, 0.2) is 35.7 Å². The lowest BCUT2D eigenvalue weighted by atomic mass is 10.1. The predicted molar refractivity (Wildman–Crippen MR) is 86.6 cm³/mol. The van der Waals surface area contributed by atoms with Crippen LogP contribution in [0.4, 0.5) is 4.39 Å². The van der Waals surface area contributed by atoms with Gasteiger partial charge < -0.3 is 4.90 Å². The van der Waals surface area contributed by atoms with Crippen molar-refractivity contribution in [2.75, 3.05) is 12.3 Å². The second kappa shape index (κ2) is 6.71. The van der Waals surface area contributed by atoms with Gasteiger partial charge in [-0.05, 0) is 41.1 Å². The number of benzene rings is 1. The van der Waals surface area contributed by atoms with Crippen molar-refractivity contribution >= 4 is 28.0 Å². The second-order valence-electron chi connectivity index (χ2n) is 5.29. The minimum absolute atomic E-state index is 0.00398. The summed E-state index contributed by atoms with van der Waals surface area (Å²) in [7, 11) is -1.31. The summed E-state index contributed by atoms with van der Waals surface area (Å²) in [6, 6.07) is 8.07. The average Bonchev–Trinajstić information content (AvgIpc) is 2.94. The summed E-state index contributed by atoms with van der Waals surface area (Å²) in [5.41, 5.74) is 1.85. The standard InChI is InChI=1S/C16H16FNO2S2/c17-14-3-1-2-12(8-14)10-22(20)11-16(19)18-6-4-15-13(9-18)5-7-21-15/h1-3,5,7-8H,4,6,9-11H2/t22-/m1/s1. The number of rotatable bonds is 4. The van der Waals surface area contributed by atoms with Crippen LogP contribution in [0.2, 0.25) is 0 Å². The van der Waals surface area contributed by atoms with Gasteiger partial charge in [0.25, 0.3) is 0 Å². The molecule has 0 radical (unpaired) electrons. The van der Waals surface area contributed by atoms with Gasteiger partial charge in [-0.25, -0.2) is 4.39 Å². The van der Waals surface area contributed by atoms with E-state index >= 15 is 0 Å². The molecular formula is C16H16FNO2S2. The van der Waals surface area contributed by atoms with E-state index in [1.165, 1.54) is 22.6 Å². The minimum atomic E-state index is -1.31. The molecule has 1 aromatic carbocycles. The summed E-state index contributed by atoms with van der Waals surface area (Å²) < 4.78 is 25.2. The Morgan fingerprint density at radius 1 is 1.36 bits per heavy atom. The Hall–Kier alpha value is -1.53. The first-order chi connectivity index (χ1) is 10.6. The number of halogens is 1. The third kappa shape index (κ3) is 3.62. The van der Waals surface area contributed by atoms with E-state index in [4.69, 9.17) is 0 Å². The van der Waals surface area contributed by atoms with Crippen molar-refractivity contribution in [2.45, 2.75) is 18.7 Å². The molecule has 1 atom stereocenters. The largest absolute Gasteiger partial charge is 0.337 e. The number of hydrogen-bond donors (Lipinski definition) is 0. The molecule has 22 heavy (non-hydrogen) atoms. The van der Waals surface area contributed by atoms with E-state index in [1.807, 2.05) is 11.4 Å². The fourth-order valence-corrected chi connectivity index (χ4v) is 4.56. The van der Waals surface area contributed by atoms with Crippen molar-refractivity contribution in [3.05, 3.63) is 57.5 Å². The topological polar surface area (TPSA) is 37.4 Å². The van der Waals surface area contributed by atoms with Crippen molar-refractivity contribution < 1.29 is 13.4 Å². The predicted octanol–water partition coefficient (Wildman–Crippen LogP) is 2.72. The lowest BCUT2D eigenvalue weighted by molar-refractivity contribution is -0.129. The first kappa shape index (κ1) is 15.4. The van der Waals surface area contributed by atoms with E-state index in [0.29, 0.717) is 18.7 Å². The van der Waals surface area contributed by atoms with Gasteiger partial charge in [0, 0.05) is 34.5 Å². The maximum Gasteiger partial charge on any atom is 0.235 e. The maximum atomic E-state index is 13.1. The van der Waals surface area contributed by atoms with Crippen LogP contribution < -0.4 is 0 Å². The van der Waals surface area contributed by atoms with Gasteiger partial charge in [-0.3, -0.25) is 9.00 Å². The molecule has 116 valence electrons. The Labute approximate surface area is 135 Å². The quantitative estimate of drug-likeness (QED) is 0.860. The third-order valence-corrected chi connectivity index (χ3v) is 5.91. The first-order valence-electron chi connectivity index (χ1n) is 7.04. The van der Waals surface area contributed by atoms with Crippen LogP contribution >= 0.6 is 11.3 Å². The fourth-order valence-electron chi connectivity index (χ4n) is 2.55. The van der Waals surface area contributed by atoms with Gasteiger partial charge in [-0.2, -0.15) is 0 Å². The lowest BCUT2D eigenvalue weighted by Gasteiger charge is -2.26. The molecule has 0 unspecified atom stereocenters. The summed E-state index contributed by atoms with van der Waals surface area (Å²) >= 11 is 1.72. The molecule has 3 rings (SSSR count). The zero-order chi connectivity index (χ0) is 15.5. The highest BCUT2D eigenvalue weighted by molar-refractivity contribution is 7.84. The van der Waals surface area contributed by atoms with Crippen LogP contribution in [0.25, 0.3) is 0 Å². The molecule has 1 amide bonds. The van der Waals surface area contributed by atoms with Gasteiger partial charge in [-0.15, -0.1) is 11.3 Å². The van der Waals surface area contributed by atoms with Gasteiger partial charge in [0.15, 0.2) is 0 Å². The summed E-state index contributed by atoms with van der Waals surface area (Å²) in [5, 5.41) is 2.04. The van der Waals surface area contributed by atoms with Crippen LogP contribution in [0.5, 0.6) is 0 Å². The highest BCUT2D eigenvalue weighted by Crippen LogP contribution is 2.24. The maximum absolute atomic E-state index is 13.1. The van der Waals surface area contributed by atoms with Gasteiger partial charge >= 0.3 is 0 Å². The third-order valence-electron chi connectivity index (χ3n) is 3.66. The molecular weight excluding hydrogens is 321 g/mol. The Morgan fingerprint density at radius 2 is 2.23 bits per heavy atom. The van der Waals surface area contributed by atoms with Gasteiger partial charge in [0.1, 0.15) is 11.6 Å². The normalized spacial score (nSPS) is 15.4. The molecule has 2 heterocycles. The molecule has 6 heteroatoms. The number of carbonyl (C=O) groups excluding carboxylic acids is 1. The van der Waals surface area contributed by atoms with Crippen LogP contribution in [-0.4, -0.2) is 27.3 Å². The van der Waals surface area contributed by atoms with Crippen molar-refractivity contribution in [1.29, 1.82) is 0 Å². The number of nitrogens with zero attached hydrogens (tertiary/aromatic N) is 1. The monoisotopic (exact) mass is 337 g/mol. The molecule has 1 aliphatic heterocycles. The lowest BCUT2D eigenvalue weighted by Crippen LogP contribution is -2.38. The summed E-state index contributed by atoms with van der Waals surface area (Å²) in [6.45, 7) is 1.29. The van der Waals surface area contributed by atoms with Gasteiger partial charge in [-0.1, -0.05) is 12.1 Å². The van der Waals surface area contributed by atoms with Crippen LogP contribution in [-0.2, 0) is 34.3 Å². The molecule has 1 aliphatic rings. The van der Waals surface area contributed by atoms with Crippen molar-refractivity contribution in [3.63, 3.8) is 0 Å². The summed E-state index contributed by atoms with van der Waals surface area (Å²) in [5.74, 6) is -0.231. The number of hydrogen-bond acceptors (Lipinski definition) is 3. The highest BCUT2D eigenvalue weighted by Gasteiger charge is 2.22. The van der Waals surface area contributed by atoms with Gasteiger partial charge in [0.05, 0.1) is 0 Å². The van der Waals surface area contributed by atoms with E-state index in [9.17, 15) is 13.4 Å². The smallest absolute Gasteiger partial charge is 0.235 e. The highest BCUT2D eigenvalue weighted by atomic mass is 32.2. The summed E-state index contributed by atoms with van der Waals surface area (Å²) in [4.78, 5) is 15.4. The Morgan fingerprint density at radius 3 is 3.05 bits per heavy atom. The van der Waals surface area contributed by atoms with E-state index in [2.05, 4.69) is 0 Å². The molecule has 0 aliphatic carbocycles. The average molecular weight is 337 g/mol. The molecule has 0 N–H and O–H groups in total. The molecule has 2 aromatic rings. The van der Waals surface area contributed by atoms with Crippen LogP contribution in [0.1, 0.15) is 16.0 Å². The van der Waals surface area contributed by atoms with Crippen LogP contribution in [0, 0.1) is 5.82 Å². The number of carbonyl (C=O) groups is 1. The van der Waals surface area contributed by atoms with Crippen molar-refractivity contribution in [2.24, 2.45) is 0 Å².